The molecule has 2 amide bonds. The number of benzene rings is 1. The normalized spacial score (nSPS) is 10.3. The highest BCUT2D eigenvalue weighted by atomic mass is 79.9. The average Bonchev–Trinajstić information content (AvgIpc) is 2.31. The Balaban J connectivity index is 2.35. The predicted molar refractivity (Wildman–Crippen MR) is 79.9 cm³/mol. The van der Waals surface area contributed by atoms with Crippen molar-refractivity contribution in [3.63, 3.8) is 0 Å². The van der Waals surface area contributed by atoms with Crippen LogP contribution in [0.15, 0.2) is 28.7 Å². The fourth-order valence-corrected chi connectivity index (χ4v) is 1.85. The lowest BCUT2D eigenvalue weighted by atomic mass is 10.1. The standard InChI is InChI=1S/C14H19BrN2O2/c1-10(2)7-8-16-13(18)9-14(19)17-12-6-4-3-5-11(12)15/h3-6,10H,7-9H2,1-2H3,(H,16,18)(H,17,19). The van der Waals surface area contributed by atoms with E-state index in [1.54, 1.807) is 6.07 Å². The summed E-state index contributed by atoms with van der Waals surface area (Å²) in [6.45, 7) is 4.79. The first-order valence-corrected chi connectivity index (χ1v) is 7.09. The summed E-state index contributed by atoms with van der Waals surface area (Å²) in [7, 11) is 0. The first-order valence-electron chi connectivity index (χ1n) is 6.30. The number of anilines is 1. The summed E-state index contributed by atoms with van der Waals surface area (Å²) >= 11 is 3.33. The first kappa shape index (κ1) is 15.7. The van der Waals surface area contributed by atoms with Crippen molar-refractivity contribution in [2.75, 3.05) is 11.9 Å². The maximum atomic E-state index is 11.7. The first-order chi connectivity index (χ1) is 8.99. The lowest BCUT2D eigenvalue weighted by Gasteiger charge is -2.08. The number of carbonyl (C=O) groups is 2. The summed E-state index contributed by atoms with van der Waals surface area (Å²) in [5.74, 6) is -0.0199. The Hall–Kier alpha value is -1.36. The molecule has 19 heavy (non-hydrogen) atoms. The van der Waals surface area contributed by atoms with Gasteiger partial charge in [0, 0.05) is 11.0 Å². The second-order valence-electron chi connectivity index (χ2n) is 4.74. The lowest BCUT2D eigenvalue weighted by molar-refractivity contribution is -0.126. The molecule has 1 aromatic carbocycles. The zero-order valence-corrected chi connectivity index (χ0v) is 12.8. The molecule has 0 aliphatic carbocycles. The molecule has 1 rings (SSSR count). The Bertz CT molecular complexity index is 447. The molecule has 0 atom stereocenters. The van der Waals surface area contributed by atoms with E-state index in [2.05, 4.69) is 40.4 Å². The molecule has 0 aliphatic rings. The molecule has 5 heteroatoms. The van der Waals surface area contributed by atoms with Gasteiger partial charge in [0.05, 0.1) is 5.69 Å². The van der Waals surface area contributed by atoms with Crippen molar-refractivity contribution in [3.8, 4) is 0 Å². The van der Waals surface area contributed by atoms with Gasteiger partial charge in [-0.05, 0) is 40.4 Å². The third-order valence-corrected chi connectivity index (χ3v) is 3.20. The molecular weight excluding hydrogens is 308 g/mol. The van der Waals surface area contributed by atoms with Crippen molar-refractivity contribution in [3.05, 3.63) is 28.7 Å². The number of para-hydroxylation sites is 1. The van der Waals surface area contributed by atoms with E-state index in [0.717, 1.165) is 10.9 Å². The Morgan fingerprint density at radius 1 is 1.21 bits per heavy atom. The predicted octanol–water partition coefficient (Wildman–Crippen LogP) is 2.94. The summed E-state index contributed by atoms with van der Waals surface area (Å²) in [6, 6.07) is 7.29. The molecular formula is C14H19BrN2O2. The van der Waals surface area contributed by atoms with E-state index < -0.39 is 0 Å². The van der Waals surface area contributed by atoms with Crippen LogP contribution < -0.4 is 10.6 Å². The molecule has 104 valence electrons. The van der Waals surface area contributed by atoms with Crippen LogP contribution in [0.4, 0.5) is 5.69 Å². The van der Waals surface area contributed by atoms with Crippen molar-refractivity contribution in [2.24, 2.45) is 5.92 Å². The number of hydrogen-bond donors (Lipinski definition) is 2. The van der Waals surface area contributed by atoms with Gasteiger partial charge >= 0.3 is 0 Å². The maximum absolute atomic E-state index is 11.7. The fraction of sp³-hybridized carbons (Fsp3) is 0.429. The lowest BCUT2D eigenvalue weighted by Crippen LogP contribution is -2.29. The number of amides is 2. The van der Waals surface area contributed by atoms with Crippen molar-refractivity contribution < 1.29 is 9.59 Å². The summed E-state index contributed by atoms with van der Waals surface area (Å²) in [5, 5.41) is 5.43. The Morgan fingerprint density at radius 2 is 1.89 bits per heavy atom. The molecule has 0 aromatic heterocycles. The highest BCUT2D eigenvalue weighted by molar-refractivity contribution is 9.10. The molecule has 0 fully saturated rings. The monoisotopic (exact) mass is 326 g/mol. The molecule has 0 saturated carbocycles. The molecule has 0 spiro atoms. The third kappa shape index (κ3) is 6.38. The van der Waals surface area contributed by atoms with Gasteiger partial charge in [-0.3, -0.25) is 9.59 Å². The number of hydrogen-bond acceptors (Lipinski definition) is 2. The summed E-state index contributed by atoms with van der Waals surface area (Å²) in [5.41, 5.74) is 0.669. The Labute approximate surface area is 122 Å². The highest BCUT2D eigenvalue weighted by Crippen LogP contribution is 2.21. The average molecular weight is 327 g/mol. The van der Waals surface area contributed by atoms with Crippen LogP contribution in [0.1, 0.15) is 26.7 Å². The number of carbonyl (C=O) groups excluding carboxylic acids is 2. The zero-order valence-electron chi connectivity index (χ0n) is 11.2. The minimum Gasteiger partial charge on any atom is -0.356 e. The van der Waals surface area contributed by atoms with Crippen LogP contribution in [-0.4, -0.2) is 18.4 Å². The molecule has 1 aromatic rings. The molecule has 0 unspecified atom stereocenters. The summed E-state index contributed by atoms with van der Waals surface area (Å²) in [4.78, 5) is 23.2. The van der Waals surface area contributed by atoms with E-state index in [0.29, 0.717) is 18.2 Å². The molecule has 0 radical (unpaired) electrons. The van der Waals surface area contributed by atoms with E-state index in [1.165, 1.54) is 0 Å². The second-order valence-corrected chi connectivity index (χ2v) is 5.59. The summed E-state index contributed by atoms with van der Waals surface area (Å²) < 4.78 is 0.795. The van der Waals surface area contributed by atoms with Crippen molar-refractivity contribution in [1.29, 1.82) is 0 Å². The maximum Gasteiger partial charge on any atom is 0.233 e. The highest BCUT2D eigenvalue weighted by Gasteiger charge is 2.10. The zero-order chi connectivity index (χ0) is 14.3. The SMILES string of the molecule is CC(C)CCNC(=O)CC(=O)Nc1ccccc1Br. The number of halogens is 1. The quantitative estimate of drug-likeness (QED) is 0.789. The van der Waals surface area contributed by atoms with Gasteiger partial charge in [-0.15, -0.1) is 0 Å². The number of rotatable bonds is 6. The van der Waals surface area contributed by atoms with Gasteiger partial charge in [0.2, 0.25) is 11.8 Å². The second kappa shape index (κ2) is 7.94. The Kier molecular flexibility index (Phi) is 6.56. The minimum atomic E-state index is -0.311. The third-order valence-electron chi connectivity index (χ3n) is 2.51. The van der Waals surface area contributed by atoms with Crippen LogP contribution in [0, 0.1) is 5.92 Å². The minimum absolute atomic E-state index is 0.153. The van der Waals surface area contributed by atoms with Crippen LogP contribution in [0.3, 0.4) is 0 Å². The van der Waals surface area contributed by atoms with E-state index in [4.69, 9.17) is 0 Å². The molecule has 2 N–H and O–H groups in total. The molecule has 0 saturated heterocycles. The van der Waals surface area contributed by atoms with E-state index in [1.807, 2.05) is 18.2 Å². The van der Waals surface area contributed by atoms with Gasteiger partial charge in [-0.1, -0.05) is 26.0 Å². The van der Waals surface area contributed by atoms with Crippen LogP contribution >= 0.6 is 15.9 Å². The molecule has 4 nitrogen and oxygen atoms in total. The molecule has 0 aliphatic heterocycles. The Morgan fingerprint density at radius 3 is 2.53 bits per heavy atom. The number of nitrogens with one attached hydrogen (secondary N) is 2. The van der Waals surface area contributed by atoms with E-state index in [9.17, 15) is 9.59 Å². The van der Waals surface area contributed by atoms with Crippen molar-refractivity contribution in [2.45, 2.75) is 26.7 Å². The van der Waals surface area contributed by atoms with E-state index in [-0.39, 0.29) is 18.2 Å². The van der Waals surface area contributed by atoms with Gasteiger partial charge in [0.15, 0.2) is 0 Å². The van der Waals surface area contributed by atoms with Crippen molar-refractivity contribution in [1.82, 2.24) is 5.32 Å². The van der Waals surface area contributed by atoms with Crippen LogP contribution in [0.25, 0.3) is 0 Å². The van der Waals surface area contributed by atoms with Crippen LogP contribution in [-0.2, 0) is 9.59 Å². The van der Waals surface area contributed by atoms with Gasteiger partial charge in [-0.25, -0.2) is 0 Å². The van der Waals surface area contributed by atoms with Crippen LogP contribution in [0.2, 0.25) is 0 Å². The largest absolute Gasteiger partial charge is 0.356 e. The van der Waals surface area contributed by atoms with Gasteiger partial charge in [0.25, 0.3) is 0 Å². The molecule has 0 heterocycles. The molecule has 0 bridgehead atoms. The smallest absolute Gasteiger partial charge is 0.233 e. The van der Waals surface area contributed by atoms with Gasteiger partial charge in [0.1, 0.15) is 6.42 Å². The van der Waals surface area contributed by atoms with E-state index >= 15 is 0 Å². The topological polar surface area (TPSA) is 58.2 Å². The summed E-state index contributed by atoms with van der Waals surface area (Å²) in [6.07, 6.45) is 0.761. The van der Waals surface area contributed by atoms with Crippen molar-refractivity contribution >= 4 is 33.4 Å². The van der Waals surface area contributed by atoms with Gasteiger partial charge < -0.3 is 10.6 Å². The fourth-order valence-electron chi connectivity index (χ4n) is 1.47. The van der Waals surface area contributed by atoms with Crippen LogP contribution in [0.5, 0.6) is 0 Å². The van der Waals surface area contributed by atoms with Gasteiger partial charge in [-0.2, -0.15) is 0 Å².